The topological polar surface area (TPSA) is 42.9 Å². The van der Waals surface area contributed by atoms with Crippen molar-refractivity contribution < 1.29 is 0 Å². The minimum absolute atomic E-state index is 0. The van der Waals surface area contributed by atoms with E-state index in [1.165, 1.54) is 39.1 Å². The summed E-state index contributed by atoms with van der Waals surface area (Å²) in [5.41, 5.74) is 1.01. The van der Waals surface area contributed by atoms with Gasteiger partial charge in [-0.3, -0.25) is 4.99 Å². The Hall–Kier alpha value is -0.280. The zero-order valence-corrected chi connectivity index (χ0v) is 20.3. The van der Waals surface area contributed by atoms with Crippen LogP contribution in [0.3, 0.4) is 0 Å². The maximum absolute atomic E-state index is 6.29. The molecule has 0 radical (unpaired) electrons. The standard InChI is InChI=1S/C19H31Cl2N5.HI/c1-15(17-7-6-16(20)14-18(17)21)24-19(22-2)23-8-4-5-9-26-12-10-25(3)11-13-26;/h6-7,14-15H,4-5,8-13H2,1-3H3,(H2,22,23,24);1H. The van der Waals surface area contributed by atoms with Crippen molar-refractivity contribution in [1.29, 1.82) is 0 Å². The zero-order chi connectivity index (χ0) is 18.9. The zero-order valence-electron chi connectivity index (χ0n) is 16.5. The second-order valence-corrected chi connectivity index (χ2v) is 7.73. The third-order valence-corrected chi connectivity index (χ3v) is 5.36. The first-order valence-corrected chi connectivity index (χ1v) is 10.1. The van der Waals surface area contributed by atoms with Crippen LogP contribution in [-0.2, 0) is 0 Å². The second-order valence-electron chi connectivity index (χ2n) is 6.88. The Bertz CT molecular complexity index is 591. The van der Waals surface area contributed by atoms with E-state index in [0.717, 1.165) is 24.5 Å². The van der Waals surface area contributed by atoms with Gasteiger partial charge >= 0.3 is 0 Å². The average molecular weight is 528 g/mol. The lowest BCUT2D eigenvalue weighted by molar-refractivity contribution is 0.152. The number of piperazine rings is 1. The average Bonchev–Trinajstić information content (AvgIpc) is 2.61. The highest BCUT2D eigenvalue weighted by molar-refractivity contribution is 14.0. The number of halogens is 3. The fraction of sp³-hybridized carbons (Fsp3) is 0.632. The van der Waals surface area contributed by atoms with Crippen molar-refractivity contribution in [2.24, 2.45) is 4.99 Å². The molecule has 1 heterocycles. The molecule has 1 aliphatic heterocycles. The molecule has 1 saturated heterocycles. The summed E-state index contributed by atoms with van der Waals surface area (Å²) in [5, 5.41) is 8.09. The van der Waals surface area contributed by atoms with Crippen LogP contribution < -0.4 is 10.6 Å². The Morgan fingerprint density at radius 2 is 1.89 bits per heavy atom. The van der Waals surface area contributed by atoms with E-state index < -0.39 is 0 Å². The fourth-order valence-electron chi connectivity index (χ4n) is 3.07. The summed E-state index contributed by atoms with van der Waals surface area (Å²) < 4.78 is 0. The number of nitrogens with one attached hydrogen (secondary N) is 2. The van der Waals surface area contributed by atoms with E-state index in [1.54, 1.807) is 13.1 Å². The Morgan fingerprint density at radius 3 is 2.52 bits per heavy atom. The molecule has 5 nitrogen and oxygen atoms in total. The summed E-state index contributed by atoms with van der Waals surface area (Å²) in [6.07, 6.45) is 2.33. The SMILES string of the molecule is CN=C(NCCCCN1CCN(C)CC1)NC(C)c1ccc(Cl)cc1Cl.I. The molecule has 1 aliphatic rings. The maximum atomic E-state index is 6.29. The third-order valence-electron chi connectivity index (χ3n) is 4.80. The van der Waals surface area contributed by atoms with Gasteiger partial charge in [0.25, 0.3) is 0 Å². The van der Waals surface area contributed by atoms with Crippen LogP contribution in [0.25, 0.3) is 0 Å². The van der Waals surface area contributed by atoms with E-state index in [2.05, 4.69) is 39.4 Å². The van der Waals surface area contributed by atoms with Gasteiger partial charge in [-0.1, -0.05) is 29.3 Å². The predicted octanol–water partition coefficient (Wildman–Crippen LogP) is 3.87. The van der Waals surface area contributed by atoms with Gasteiger partial charge in [0.2, 0.25) is 0 Å². The Labute approximate surface area is 190 Å². The van der Waals surface area contributed by atoms with Crippen LogP contribution in [-0.4, -0.2) is 69.1 Å². The van der Waals surface area contributed by atoms with Gasteiger partial charge in [0.1, 0.15) is 0 Å². The molecule has 0 aliphatic carbocycles. The number of rotatable bonds is 7. The van der Waals surface area contributed by atoms with E-state index in [4.69, 9.17) is 23.2 Å². The van der Waals surface area contributed by atoms with Gasteiger partial charge in [0.05, 0.1) is 6.04 Å². The highest BCUT2D eigenvalue weighted by Crippen LogP contribution is 2.25. The molecule has 1 aromatic rings. The predicted molar refractivity (Wildman–Crippen MR) is 128 cm³/mol. The summed E-state index contributed by atoms with van der Waals surface area (Å²) in [6.45, 7) is 8.89. The van der Waals surface area contributed by atoms with Crippen LogP contribution in [0, 0.1) is 0 Å². The molecule has 2 N–H and O–H groups in total. The molecule has 0 amide bonds. The third kappa shape index (κ3) is 8.73. The number of benzene rings is 1. The number of unbranched alkanes of at least 4 members (excludes halogenated alkanes) is 1. The minimum atomic E-state index is 0. The van der Waals surface area contributed by atoms with Crippen LogP contribution in [0.4, 0.5) is 0 Å². The molecule has 154 valence electrons. The molecule has 0 aromatic heterocycles. The number of likely N-dealkylation sites (N-methyl/N-ethyl adjacent to an activating group) is 1. The molecule has 1 unspecified atom stereocenters. The fourth-order valence-corrected chi connectivity index (χ4v) is 3.64. The normalized spacial score (nSPS) is 17.3. The molecule has 27 heavy (non-hydrogen) atoms. The first-order valence-electron chi connectivity index (χ1n) is 9.32. The van der Waals surface area contributed by atoms with Crippen molar-refractivity contribution in [1.82, 2.24) is 20.4 Å². The lowest BCUT2D eigenvalue weighted by Crippen LogP contribution is -2.44. The molecule has 0 bridgehead atoms. The van der Waals surface area contributed by atoms with Gasteiger partial charge < -0.3 is 20.4 Å². The van der Waals surface area contributed by atoms with E-state index in [-0.39, 0.29) is 30.0 Å². The largest absolute Gasteiger partial charge is 0.356 e. The summed E-state index contributed by atoms with van der Waals surface area (Å²) >= 11 is 12.3. The van der Waals surface area contributed by atoms with Crippen molar-refractivity contribution in [3.05, 3.63) is 33.8 Å². The van der Waals surface area contributed by atoms with Gasteiger partial charge in [0, 0.05) is 49.8 Å². The Balaban J connectivity index is 0.00000364. The summed E-state index contributed by atoms with van der Waals surface area (Å²) in [4.78, 5) is 9.25. The first-order chi connectivity index (χ1) is 12.5. The summed E-state index contributed by atoms with van der Waals surface area (Å²) in [5.74, 6) is 0.795. The molecule has 1 atom stereocenters. The monoisotopic (exact) mass is 527 g/mol. The minimum Gasteiger partial charge on any atom is -0.356 e. The van der Waals surface area contributed by atoms with Crippen LogP contribution in [0.2, 0.25) is 10.0 Å². The van der Waals surface area contributed by atoms with E-state index >= 15 is 0 Å². The highest BCUT2D eigenvalue weighted by Gasteiger charge is 2.13. The van der Waals surface area contributed by atoms with Gasteiger partial charge in [0.15, 0.2) is 5.96 Å². The quantitative estimate of drug-likeness (QED) is 0.244. The molecule has 0 spiro atoms. The first kappa shape index (κ1) is 24.8. The second kappa shape index (κ2) is 13.0. The van der Waals surface area contributed by atoms with Crippen LogP contribution in [0.1, 0.15) is 31.4 Å². The number of hydrogen-bond donors (Lipinski definition) is 2. The molecule has 8 heteroatoms. The number of guanidine groups is 1. The number of hydrogen-bond acceptors (Lipinski definition) is 3. The molecular weight excluding hydrogens is 496 g/mol. The van der Waals surface area contributed by atoms with E-state index in [9.17, 15) is 0 Å². The van der Waals surface area contributed by atoms with Crippen molar-refractivity contribution in [2.75, 3.05) is 53.4 Å². The molecule has 0 saturated carbocycles. The van der Waals surface area contributed by atoms with Crippen molar-refractivity contribution in [3.8, 4) is 0 Å². The van der Waals surface area contributed by atoms with Gasteiger partial charge in [-0.05, 0) is 51.1 Å². The van der Waals surface area contributed by atoms with E-state index in [1.807, 2.05) is 12.1 Å². The Morgan fingerprint density at radius 1 is 1.19 bits per heavy atom. The molecule has 1 fully saturated rings. The number of nitrogens with zero attached hydrogens (tertiary/aromatic N) is 3. The van der Waals surface area contributed by atoms with Gasteiger partial charge in [-0.25, -0.2) is 0 Å². The van der Waals surface area contributed by atoms with Crippen LogP contribution >= 0.6 is 47.2 Å². The van der Waals surface area contributed by atoms with Crippen molar-refractivity contribution >= 4 is 53.1 Å². The highest BCUT2D eigenvalue weighted by atomic mass is 127. The summed E-state index contributed by atoms with van der Waals surface area (Å²) in [6, 6.07) is 5.63. The lowest BCUT2D eigenvalue weighted by atomic mass is 10.1. The summed E-state index contributed by atoms with van der Waals surface area (Å²) in [7, 11) is 3.98. The maximum Gasteiger partial charge on any atom is 0.191 e. The Kier molecular flexibility index (Phi) is 12.0. The van der Waals surface area contributed by atoms with E-state index in [0.29, 0.717) is 10.0 Å². The number of aliphatic imine (C=N–C) groups is 1. The van der Waals surface area contributed by atoms with Crippen LogP contribution in [0.15, 0.2) is 23.2 Å². The van der Waals surface area contributed by atoms with Gasteiger partial charge in [-0.15, -0.1) is 24.0 Å². The molecule has 1 aromatic carbocycles. The van der Waals surface area contributed by atoms with Crippen molar-refractivity contribution in [3.63, 3.8) is 0 Å². The van der Waals surface area contributed by atoms with Crippen molar-refractivity contribution in [2.45, 2.75) is 25.8 Å². The molecule has 2 rings (SSSR count). The lowest BCUT2D eigenvalue weighted by Gasteiger charge is -2.32. The van der Waals surface area contributed by atoms with Gasteiger partial charge in [-0.2, -0.15) is 0 Å². The smallest absolute Gasteiger partial charge is 0.191 e. The molecular formula is C19H32Cl2IN5. The van der Waals surface area contributed by atoms with Crippen LogP contribution in [0.5, 0.6) is 0 Å².